The second kappa shape index (κ2) is 5.20. The SMILES string of the molecule is Cc1cccc(C(C)(C)OC#N)c1C(C)(C)OC#N. The molecule has 1 aromatic rings. The molecule has 0 heterocycles. The first-order valence-corrected chi connectivity index (χ1v) is 6.01. The van der Waals surface area contributed by atoms with Crippen LogP contribution in [0.3, 0.4) is 0 Å². The van der Waals surface area contributed by atoms with Crippen LogP contribution in [-0.4, -0.2) is 0 Å². The predicted octanol–water partition coefficient (Wildman–Crippen LogP) is 3.46. The fraction of sp³-hybridized carbons (Fsp3) is 0.467. The first-order chi connectivity index (χ1) is 8.76. The van der Waals surface area contributed by atoms with Gasteiger partial charge in [-0.25, -0.2) is 0 Å². The van der Waals surface area contributed by atoms with E-state index in [-0.39, 0.29) is 0 Å². The summed E-state index contributed by atoms with van der Waals surface area (Å²) in [6.45, 7) is 9.23. The van der Waals surface area contributed by atoms with Crippen LogP contribution in [0.1, 0.15) is 44.4 Å². The van der Waals surface area contributed by atoms with E-state index in [1.165, 1.54) is 0 Å². The molecule has 0 radical (unpaired) electrons. The number of ether oxygens (including phenoxy) is 2. The van der Waals surface area contributed by atoms with Crippen molar-refractivity contribution in [1.82, 2.24) is 0 Å². The molecule has 0 N–H and O–H groups in total. The van der Waals surface area contributed by atoms with Gasteiger partial charge in [0.05, 0.1) is 0 Å². The van der Waals surface area contributed by atoms with Gasteiger partial charge in [0.1, 0.15) is 11.2 Å². The van der Waals surface area contributed by atoms with Crippen LogP contribution in [0.5, 0.6) is 0 Å². The van der Waals surface area contributed by atoms with Gasteiger partial charge in [0.25, 0.3) is 12.5 Å². The van der Waals surface area contributed by atoms with Crippen LogP contribution < -0.4 is 0 Å². The third-order valence-electron chi connectivity index (χ3n) is 3.13. The highest BCUT2D eigenvalue weighted by Gasteiger charge is 2.34. The topological polar surface area (TPSA) is 66.0 Å². The Kier molecular flexibility index (Phi) is 4.07. The van der Waals surface area contributed by atoms with Crippen LogP contribution in [0.25, 0.3) is 0 Å². The molecular weight excluding hydrogens is 240 g/mol. The molecule has 0 aliphatic heterocycles. The Balaban J connectivity index is 3.49. The third kappa shape index (κ3) is 2.98. The summed E-state index contributed by atoms with van der Waals surface area (Å²) >= 11 is 0. The lowest BCUT2D eigenvalue weighted by Gasteiger charge is -2.32. The third-order valence-corrected chi connectivity index (χ3v) is 3.13. The van der Waals surface area contributed by atoms with Crippen LogP contribution in [0, 0.1) is 30.0 Å². The van der Waals surface area contributed by atoms with Crippen molar-refractivity contribution < 1.29 is 9.47 Å². The Morgan fingerprint density at radius 1 is 0.947 bits per heavy atom. The number of benzene rings is 1. The summed E-state index contributed by atoms with van der Waals surface area (Å²) < 4.78 is 10.3. The quantitative estimate of drug-likeness (QED) is 0.776. The maximum absolute atomic E-state index is 8.80. The zero-order valence-electron chi connectivity index (χ0n) is 11.9. The zero-order chi connectivity index (χ0) is 14.7. The van der Waals surface area contributed by atoms with E-state index in [2.05, 4.69) is 0 Å². The number of hydrogen-bond acceptors (Lipinski definition) is 4. The Morgan fingerprint density at radius 3 is 2.00 bits per heavy atom. The average molecular weight is 258 g/mol. The summed E-state index contributed by atoms with van der Waals surface area (Å²) in [5, 5.41) is 17.6. The normalized spacial score (nSPS) is 11.3. The van der Waals surface area contributed by atoms with E-state index < -0.39 is 11.2 Å². The molecular formula is C15H18N2O2. The highest BCUT2D eigenvalue weighted by molar-refractivity contribution is 5.41. The van der Waals surface area contributed by atoms with Crippen molar-refractivity contribution in [3.8, 4) is 12.5 Å². The lowest BCUT2D eigenvalue weighted by atomic mass is 9.82. The van der Waals surface area contributed by atoms with E-state index in [1.807, 2.05) is 52.8 Å². The van der Waals surface area contributed by atoms with E-state index in [1.54, 1.807) is 12.5 Å². The summed E-state index contributed by atoms with van der Waals surface area (Å²) in [5.41, 5.74) is 1.16. The standard InChI is InChI=1S/C15H18N2O2/c1-11-7-6-8-12(14(2,3)18-9-16)13(11)15(4,5)19-10-17/h6-8H,1-5H3. The van der Waals surface area contributed by atoms with E-state index in [0.717, 1.165) is 16.7 Å². The minimum absolute atomic E-state index is 0.772. The minimum Gasteiger partial charge on any atom is -0.417 e. The van der Waals surface area contributed by atoms with E-state index >= 15 is 0 Å². The lowest BCUT2D eigenvalue weighted by molar-refractivity contribution is 0.0452. The molecule has 4 heteroatoms. The molecule has 0 aliphatic rings. The van der Waals surface area contributed by atoms with Gasteiger partial charge in [0, 0.05) is 11.1 Å². The van der Waals surface area contributed by atoms with Crippen molar-refractivity contribution in [2.24, 2.45) is 0 Å². The summed E-state index contributed by atoms with van der Waals surface area (Å²) in [5.74, 6) is 0. The van der Waals surface area contributed by atoms with Gasteiger partial charge in [-0.1, -0.05) is 18.2 Å². The predicted molar refractivity (Wildman–Crippen MR) is 70.6 cm³/mol. The molecule has 0 saturated carbocycles. The highest BCUT2D eigenvalue weighted by atomic mass is 16.5. The van der Waals surface area contributed by atoms with Crippen molar-refractivity contribution in [1.29, 1.82) is 10.5 Å². The van der Waals surface area contributed by atoms with Crippen molar-refractivity contribution in [3.05, 3.63) is 34.9 Å². The zero-order valence-corrected chi connectivity index (χ0v) is 11.9. The minimum atomic E-state index is -0.772. The summed E-state index contributed by atoms with van der Waals surface area (Å²) in [6, 6.07) is 5.74. The first-order valence-electron chi connectivity index (χ1n) is 6.01. The van der Waals surface area contributed by atoms with E-state index in [9.17, 15) is 0 Å². The second-order valence-corrected chi connectivity index (χ2v) is 5.40. The summed E-state index contributed by atoms with van der Waals surface area (Å²) in [6.07, 6.45) is 3.47. The molecule has 100 valence electrons. The molecule has 0 fully saturated rings. The Hall–Kier alpha value is -2.20. The van der Waals surface area contributed by atoms with Gasteiger partial charge in [-0.15, -0.1) is 0 Å². The number of nitriles is 2. The fourth-order valence-electron chi connectivity index (χ4n) is 2.30. The van der Waals surface area contributed by atoms with Crippen molar-refractivity contribution >= 4 is 0 Å². The van der Waals surface area contributed by atoms with Gasteiger partial charge in [-0.05, 0) is 40.2 Å². The molecule has 0 atom stereocenters. The van der Waals surface area contributed by atoms with Gasteiger partial charge < -0.3 is 9.47 Å². The van der Waals surface area contributed by atoms with Gasteiger partial charge >= 0.3 is 0 Å². The maximum atomic E-state index is 8.80. The van der Waals surface area contributed by atoms with E-state index in [4.69, 9.17) is 20.0 Å². The molecule has 0 bridgehead atoms. The van der Waals surface area contributed by atoms with Crippen LogP contribution in [0.15, 0.2) is 18.2 Å². The molecule has 19 heavy (non-hydrogen) atoms. The molecule has 0 saturated heterocycles. The lowest BCUT2D eigenvalue weighted by Crippen LogP contribution is -2.29. The molecule has 4 nitrogen and oxygen atoms in total. The molecule has 1 aromatic carbocycles. The van der Waals surface area contributed by atoms with Crippen LogP contribution in [0.4, 0.5) is 0 Å². The second-order valence-electron chi connectivity index (χ2n) is 5.40. The number of aryl methyl sites for hydroxylation is 1. The van der Waals surface area contributed by atoms with Crippen molar-refractivity contribution in [3.63, 3.8) is 0 Å². The molecule has 0 spiro atoms. The summed E-state index contributed by atoms with van der Waals surface area (Å²) in [7, 11) is 0. The Labute approximate surface area is 114 Å². The smallest absolute Gasteiger partial charge is 0.287 e. The average Bonchev–Trinajstić information content (AvgIpc) is 2.28. The number of hydrogen-bond donors (Lipinski definition) is 0. The van der Waals surface area contributed by atoms with Crippen LogP contribution in [-0.2, 0) is 20.7 Å². The summed E-state index contributed by atoms with van der Waals surface area (Å²) in [4.78, 5) is 0. The number of rotatable bonds is 4. The van der Waals surface area contributed by atoms with Gasteiger partial charge in [0.2, 0.25) is 0 Å². The van der Waals surface area contributed by atoms with Crippen molar-refractivity contribution in [2.45, 2.75) is 45.8 Å². The van der Waals surface area contributed by atoms with E-state index in [0.29, 0.717) is 0 Å². The Morgan fingerprint density at radius 2 is 1.47 bits per heavy atom. The van der Waals surface area contributed by atoms with Gasteiger partial charge in [0.15, 0.2) is 0 Å². The molecule has 0 aromatic heterocycles. The Bertz CT molecular complexity index is 548. The highest BCUT2D eigenvalue weighted by Crippen LogP contribution is 2.37. The van der Waals surface area contributed by atoms with Gasteiger partial charge in [-0.2, -0.15) is 10.5 Å². The molecule has 0 aliphatic carbocycles. The first kappa shape index (κ1) is 14.9. The van der Waals surface area contributed by atoms with Crippen LogP contribution >= 0.6 is 0 Å². The largest absolute Gasteiger partial charge is 0.417 e. The number of nitrogens with zero attached hydrogens (tertiary/aromatic N) is 2. The van der Waals surface area contributed by atoms with Crippen molar-refractivity contribution in [2.75, 3.05) is 0 Å². The maximum Gasteiger partial charge on any atom is 0.287 e. The van der Waals surface area contributed by atoms with Crippen LogP contribution in [0.2, 0.25) is 0 Å². The molecule has 0 amide bonds. The monoisotopic (exact) mass is 258 g/mol. The molecule has 0 unspecified atom stereocenters. The fourth-order valence-corrected chi connectivity index (χ4v) is 2.30. The van der Waals surface area contributed by atoms with Gasteiger partial charge in [-0.3, -0.25) is 0 Å². The molecule has 1 rings (SSSR count).